The molecule has 1 aromatic carbocycles. The fourth-order valence-electron chi connectivity index (χ4n) is 1.86. The Kier molecular flexibility index (Phi) is 8.96. The van der Waals surface area contributed by atoms with Crippen LogP contribution in [0.3, 0.4) is 0 Å². The van der Waals surface area contributed by atoms with Crippen LogP contribution in [0.1, 0.15) is 30.6 Å². The number of amides is 1. The van der Waals surface area contributed by atoms with Gasteiger partial charge in [-0.15, -0.1) is 0 Å². The van der Waals surface area contributed by atoms with Crippen LogP contribution in [0.4, 0.5) is 5.69 Å². The Balaban J connectivity index is 2.92. The molecule has 11 heteroatoms. The molecular formula is C18H18Cl4N2O5. The maximum Gasteiger partial charge on any atom is 0.350 e. The van der Waals surface area contributed by atoms with E-state index in [1.54, 1.807) is 0 Å². The molecule has 2 N–H and O–H groups in total. The molecule has 0 aromatic heterocycles. The van der Waals surface area contributed by atoms with E-state index in [1.165, 1.54) is 38.1 Å². The lowest BCUT2D eigenvalue weighted by molar-refractivity contribution is -0.161. The van der Waals surface area contributed by atoms with E-state index in [0.717, 1.165) is 0 Å². The molecule has 0 fully saturated rings. The Morgan fingerprint density at radius 3 is 2.41 bits per heavy atom. The largest absolute Gasteiger partial charge is 0.459 e. The van der Waals surface area contributed by atoms with Crippen LogP contribution < -0.4 is 5.32 Å². The summed E-state index contributed by atoms with van der Waals surface area (Å²) in [4.78, 5) is 36.5. The van der Waals surface area contributed by atoms with Gasteiger partial charge in [0.15, 0.2) is 0 Å². The van der Waals surface area contributed by atoms with E-state index in [2.05, 4.69) is 11.9 Å². The van der Waals surface area contributed by atoms with Crippen LogP contribution in [0.2, 0.25) is 5.02 Å². The summed E-state index contributed by atoms with van der Waals surface area (Å²) >= 11 is 22.7. The van der Waals surface area contributed by atoms with Crippen molar-refractivity contribution in [3.8, 4) is 0 Å². The van der Waals surface area contributed by atoms with Crippen molar-refractivity contribution in [2.75, 3.05) is 11.9 Å². The number of esters is 2. The van der Waals surface area contributed by atoms with Gasteiger partial charge in [-0.3, -0.25) is 4.79 Å². The molecule has 0 bridgehead atoms. The number of alkyl halides is 3. The highest BCUT2D eigenvalue weighted by Gasteiger charge is 2.34. The van der Waals surface area contributed by atoms with Crippen molar-refractivity contribution in [3.05, 3.63) is 41.4 Å². The first-order chi connectivity index (χ1) is 13.3. The van der Waals surface area contributed by atoms with Gasteiger partial charge in [-0.1, -0.05) is 59.1 Å². The van der Waals surface area contributed by atoms with E-state index in [1.807, 2.05) is 0 Å². The van der Waals surface area contributed by atoms with Crippen LogP contribution in [0.5, 0.6) is 0 Å². The maximum absolute atomic E-state index is 12.5. The Morgan fingerprint density at radius 1 is 1.24 bits per heavy atom. The monoisotopic (exact) mass is 482 g/mol. The van der Waals surface area contributed by atoms with Crippen molar-refractivity contribution in [1.29, 1.82) is 5.41 Å². The number of hydrogen-bond donors (Lipinski definition) is 2. The van der Waals surface area contributed by atoms with Gasteiger partial charge in [0.1, 0.15) is 6.61 Å². The summed E-state index contributed by atoms with van der Waals surface area (Å²) in [5.41, 5.74) is -1.91. The van der Waals surface area contributed by atoms with E-state index in [-0.39, 0.29) is 22.9 Å². The summed E-state index contributed by atoms with van der Waals surface area (Å²) in [6.45, 7) is 6.11. The van der Waals surface area contributed by atoms with Crippen LogP contribution in [-0.2, 0) is 19.1 Å². The van der Waals surface area contributed by atoms with Crippen molar-refractivity contribution in [2.24, 2.45) is 0 Å². The molecule has 7 nitrogen and oxygen atoms in total. The van der Waals surface area contributed by atoms with Gasteiger partial charge in [-0.05, 0) is 32.0 Å². The van der Waals surface area contributed by atoms with E-state index >= 15 is 0 Å². The van der Waals surface area contributed by atoms with Crippen LogP contribution in [-0.4, -0.2) is 39.6 Å². The molecule has 0 atom stereocenters. The zero-order chi connectivity index (χ0) is 22.4. The predicted octanol–water partition coefficient (Wildman–Crippen LogP) is 4.72. The third kappa shape index (κ3) is 7.85. The van der Waals surface area contributed by atoms with Gasteiger partial charge in [-0.2, -0.15) is 0 Å². The first kappa shape index (κ1) is 25.2. The highest BCUT2D eigenvalue weighted by atomic mass is 35.6. The second-order valence-corrected chi connectivity index (χ2v) is 8.87. The summed E-state index contributed by atoms with van der Waals surface area (Å²) in [7, 11) is 0. The van der Waals surface area contributed by atoms with Crippen molar-refractivity contribution in [2.45, 2.75) is 29.7 Å². The first-order valence-corrected chi connectivity index (χ1v) is 9.54. The molecule has 0 saturated heterocycles. The van der Waals surface area contributed by atoms with Crippen LogP contribution >= 0.6 is 46.4 Å². The quantitative estimate of drug-likeness (QED) is 0.241. The number of rotatable bonds is 8. The SMILES string of the molecule is C=CCOC(=O)C(C)(C)OC(=O)c1cc(NC(=O)CC(=N)C(Cl)(Cl)Cl)ccc1Cl. The van der Waals surface area contributed by atoms with Crippen LogP contribution in [0, 0.1) is 5.41 Å². The summed E-state index contributed by atoms with van der Waals surface area (Å²) in [5, 5.41) is 10.1. The second-order valence-electron chi connectivity index (χ2n) is 6.18. The molecule has 0 aliphatic carbocycles. The van der Waals surface area contributed by atoms with Crippen molar-refractivity contribution < 1.29 is 23.9 Å². The number of nitrogens with one attached hydrogen (secondary N) is 2. The number of carbonyl (C=O) groups is 3. The number of anilines is 1. The van der Waals surface area contributed by atoms with Gasteiger partial charge in [0.25, 0.3) is 0 Å². The Labute approximate surface area is 187 Å². The predicted molar refractivity (Wildman–Crippen MR) is 113 cm³/mol. The molecule has 0 unspecified atom stereocenters. The fourth-order valence-corrected chi connectivity index (χ4v) is 2.26. The number of benzene rings is 1. The Morgan fingerprint density at radius 2 is 1.86 bits per heavy atom. The smallest absolute Gasteiger partial charge is 0.350 e. The average Bonchev–Trinajstić information content (AvgIpc) is 2.59. The standard InChI is InChI=1S/C18H18Cl4N2O5/c1-4-7-28-16(27)17(2,3)29-15(26)11-8-10(5-6-12(11)19)24-14(25)9-13(23)18(20,21)22/h4-6,8,23H,1,7,9H2,2-3H3,(H,24,25). The highest BCUT2D eigenvalue weighted by molar-refractivity contribution is 6.77. The normalized spacial score (nSPS) is 11.4. The lowest BCUT2D eigenvalue weighted by Crippen LogP contribution is -2.39. The number of ether oxygens (including phenoxy) is 2. The minimum absolute atomic E-state index is 0.0364. The fraction of sp³-hybridized carbons (Fsp3) is 0.333. The van der Waals surface area contributed by atoms with Crippen LogP contribution in [0.25, 0.3) is 0 Å². The molecule has 1 amide bonds. The first-order valence-electron chi connectivity index (χ1n) is 8.03. The van der Waals surface area contributed by atoms with Gasteiger partial charge in [0, 0.05) is 5.69 Å². The average molecular weight is 484 g/mol. The van der Waals surface area contributed by atoms with Gasteiger partial charge >= 0.3 is 11.9 Å². The third-order valence-corrected chi connectivity index (χ3v) is 4.34. The molecule has 29 heavy (non-hydrogen) atoms. The minimum atomic E-state index is -2.00. The van der Waals surface area contributed by atoms with Crippen molar-refractivity contribution in [3.63, 3.8) is 0 Å². The number of carbonyl (C=O) groups excluding carboxylic acids is 3. The number of halogens is 4. The number of hydrogen-bond acceptors (Lipinski definition) is 6. The molecule has 0 heterocycles. The highest BCUT2D eigenvalue weighted by Crippen LogP contribution is 2.29. The molecule has 1 aromatic rings. The zero-order valence-corrected chi connectivity index (χ0v) is 18.5. The van der Waals surface area contributed by atoms with E-state index in [4.69, 9.17) is 61.3 Å². The van der Waals surface area contributed by atoms with E-state index < -0.39 is 39.4 Å². The summed E-state index contributed by atoms with van der Waals surface area (Å²) in [5.74, 6) is -2.31. The molecule has 0 saturated carbocycles. The third-order valence-electron chi connectivity index (χ3n) is 3.32. The van der Waals surface area contributed by atoms with Crippen LogP contribution in [0.15, 0.2) is 30.9 Å². The minimum Gasteiger partial charge on any atom is -0.459 e. The van der Waals surface area contributed by atoms with E-state index in [0.29, 0.717) is 0 Å². The summed E-state index contributed by atoms with van der Waals surface area (Å²) in [6.07, 6.45) is 0.905. The van der Waals surface area contributed by atoms with Gasteiger partial charge < -0.3 is 20.2 Å². The second kappa shape index (κ2) is 10.3. The summed E-state index contributed by atoms with van der Waals surface area (Å²) in [6, 6.07) is 4.04. The lowest BCUT2D eigenvalue weighted by Gasteiger charge is -2.23. The van der Waals surface area contributed by atoms with Gasteiger partial charge in [0.05, 0.1) is 22.7 Å². The zero-order valence-electron chi connectivity index (χ0n) is 15.5. The Bertz CT molecular complexity index is 834. The van der Waals surface area contributed by atoms with Gasteiger partial charge in [0.2, 0.25) is 15.3 Å². The van der Waals surface area contributed by atoms with Gasteiger partial charge in [-0.25, -0.2) is 9.59 Å². The van der Waals surface area contributed by atoms with E-state index in [9.17, 15) is 14.4 Å². The molecule has 1 rings (SSSR count). The molecule has 0 aliphatic rings. The topological polar surface area (TPSA) is 106 Å². The Hall–Kier alpha value is -1.80. The molecule has 0 radical (unpaired) electrons. The van der Waals surface area contributed by atoms with Crippen molar-refractivity contribution >= 4 is 75.6 Å². The molecular weight excluding hydrogens is 466 g/mol. The molecule has 0 spiro atoms. The summed E-state index contributed by atoms with van der Waals surface area (Å²) < 4.78 is 8.09. The lowest BCUT2D eigenvalue weighted by atomic mass is 10.1. The maximum atomic E-state index is 12.5. The molecule has 158 valence electrons. The molecule has 0 aliphatic heterocycles. The van der Waals surface area contributed by atoms with Crippen molar-refractivity contribution in [1.82, 2.24) is 0 Å².